The Morgan fingerprint density at radius 2 is 1.72 bits per heavy atom. The van der Waals surface area contributed by atoms with Crippen molar-refractivity contribution in [1.82, 2.24) is 4.90 Å². The quantitative estimate of drug-likeness (QED) is 0.595. The lowest BCUT2D eigenvalue weighted by atomic mass is 9.76. The Hall–Kier alpha value is -1.88. The zero-order chi connectivity index (χ0) is 20.9. The third kappa shape index (κ3) is 6.30. The number of Topliss-reactive ketones (excluding diaryl/α,β-unsaturated/α-hetero) is 1. The van der Waals surface area contributed by atoms with Crippen molar-refractivity contribution in [2.45, 2.75) is 90.0 Å². The summed E-state index contributed by atoms with van der Waals surface area (Å²) in [5.74, 6) is 0.396. The minimum Gasteiger partial charge on any atom is -0.444 e. The van der Waals surface area contributed by atoms with Crippen molar-refractivity contribution in [1.29, 1.82) is 0 Å². The van der Waals surface area contributed by atoms with Gasteiger partial charge in [-0.25, -0.2) is 4.79 Å². The van der Waals surface area contributed by atoms with Gasteiger partial charge in [-0.05, 0) is 64.9 Å². The lowest BCUT2D eigenvalue weighted by Gasteiger charge is -2.48. The van der Waals surface area contributed by atoms with E-state index in [0.717, 1.165) is 44.1 Å². The Morgan fingerprint density at radius 1 is 1.07 bits per heavy atom. The summed E-state index contributed by atoms with van der Waals surface area (Å²) in [6.45, 7) is 6.89. The van der Waals surface area contributed by atoms with Gasteiger partial charge in [0.1, 0.15) is 11.4 Å². The summed E-state index contributed by atoms with van der Waals surface area (Å²) in [6.07, 6.45) is 5.73. The average Bonchev–Trinajstić information content (AvgIpc) is 2.66. The molecular formula is C24H35NO4. The first kappa shape index (κ1) is 21.8. The Morgan fingerprint density at radius 3 is 2.34 bits per heavy atom. The van der Waals surface area contributed by atoms with E-state index in [-0.39, 0.29) is 24.1 Å². The van der Waals surface area contributed by atoms with Crippen LogP contribution in [0.25, 0.3) is 0 Å². The predicted octanol–water partition coefficient (Wildman–Crippen LogP) is 5.12. The molecule has 1 aromatic rings. The number of carbonyl (C=O) groups excluding carboxylic acids is 2. The third-order valence-electron chi connectivity index (χ3n) is 5.86. The molecule has 2 bridgehead atoms. The van der Waals surface area contributed by atoms with E-state index in [9.17, 15) is 9.59 Å². The molecule has 5 heteroatoms. The maximum atomic E-state index is 12.8. The minimum atomic E-state index is -0.488. The summed E-state index contributed by atoms with van der Waals surface area (Å²) in [6, 6.07) is 10.4. The highest BCUT2D eigenvalue weighted by Crippen LogP contribution is 2.38. The van der Waals surface area contributed by atoms with Crippen LogP contribution in [0.1, 0.15) is 71.3 Å². The zero-order valence-electron chi connectivity index (χ0n) is 18.1. The van der Waals surface area contributed by atoms with E-state index >= 15 is 0 Å². The lowest BCUT2D eigenvalue weighted by Crippen LogP contribution is -2.56. The topological polar surface area (TPSA) is 55.8 Å². The van der Waals surface area contributed by atoms with Crippen molar-refractivity contribution in [2.75, 3.05) is 6.61 Å². The molecule has 0 N–H and O–H groups in total. The van der Waals surface area contributed by atoms with Gasteiger partial charge >= 0.3 is 6.09 Å². The number of nitrogens with zero attached hydrogens (tertiary/aromatic N) is 1. The van der Waals surface area contributed by atoms with Crippen LogP contribution >= 0.6 is 0 Å². The summed E-state index contributed by atoms with van der Waals surface area (Å²) in [4.78, 5) is 27.4. The Bertz CT molecular complexity index is 668. The highest BCUT2D eigenvalue weighted by molar-refractivity contribution is 5.81. The Balaban J connectivity index is 1.44. The molecule has 0 saturated carbocycles. The monoisotopic (exact) mass is 401 g/mol. The SMILES string of the molecule is CC(C)(C)OC(=O)N1C2CCCC1CC(C(=O)CCCOCc1ccccc1)C2. The number of benzene rings is 1. The highest BCUT2D eigenvalue weighted by Gasteiger charge is 2.44. The number of amides is 1. The smallest absolute Gasteiger partial charge is 0.410 e. The predicted molar refractivity (Wildman–Crippen MR) is 113 cm³/mol. The lowest BCUT2D eigenvalue weighted by molar-refractivity contribution is -0.127. The van der Waals surface area contributed by atoms with Crippen molar-refractivity contribution in [3.63, 3.8) is 0 Å². The summed E-state index contributed by atoms with van der Waals surface area (Å²) in [5, 5.41) is 0. The largest absolute Gasteiger partial charge is 0.444 e. The summed E-state index contributed by atoms with van der Waals surface area (Å²) in [7, 11) is 0. The first-order chi connectivity index (χ1) is 13.8. The number of piperidine rings is 2. The molecule has 0 aliphatic carbocycles. The van der Waals surface area contributed by atoms with Gasteiger partial charge in [-0.15, -0.1) is 0 Å². The zero-order valence-corrected chi connectivity index (χ0v) is 18.1. The van der Waals surface area contributed by atoms with E-state index in [1.807, 2.05) is 56.0 Å². The maximum absolute atomic E-state index is 12.8. The second kappa shape index (κ2) is 9.75. The standard InChI is InChI=1S/C24H35NO4/c1-24(2,3)29-23(27)25-20-11-7-12-21(25)16-19(15-20)22(26)13-8-14-28-17-18-9-5-4-6-10-18/h4-6,9-10,19-21H,7-8,11-17H2,1-3H3. The molecule has 160 valence electrons. The van der Waals surface area contributed by atoms with Crippen LogP contribution in [-0.2, 0) is 20.9 Å². The third-order valence-corrected chi connectivity index (χ3v) is 5.86. The van der Waals surface area contributed by atoms with E-state index < -0.39 is 5.60 Å². The van der Waals surface area contributed by atoms with Crippen LogP contribution in [0, 0.1) is 5.92 Å². The fourth-order valence-corrected chi connectivity index (χ4v) is 4.57. The first-order valence-corrected chi connectivity index (χ1v) is 11.0. The van der Waals surface area contributed by atoms with E-state index in [1.165, 1.54) is 0 Å². The van der Waals surface area contributed by atoms with Gasteiger partial charge in [0, 0.05) is 31.0 Å². The maximum Gasteiger partial charge on any atom is 0.410 e. The summed E-state index contributed by atoms with van der Waals surface area (Å²) < 4.78 is 11.3. The molecule has 5 nitrogen and oxygen atoms in total. The molecule has 1 amide bonds. The fraction of sp³-hybridized carbons (Fsp3) is 0.667. The van der Waals surface area contributed by atoms with Crippen LogP contribution in [-0.4, -0.2) is 41.1 Å². The van der Waals surface area contributed by atoms with E-state index in [2.05, 4.69) is 0 Å². The van der Waals surface area contributed by atoms with Gasteiger partial charge in [-0.2, -0.15) is 0 Å². The molecule has 1 aromatic carbocycles. The van der Waals surface area contributed by atoms with Crippen LogP contribution in [0.5, 0.6) is 0 Å². The van der Waals surface area contributed by atoms with Crippen LogP contribution in [0.2, 0.25) is 0 Å². The average molecular weight is 402 g/mol. The van der Waals surface area contributed by atoms with Crippen molar-refractivity contribution in [3.8, 4) is 0 Å². The second-order valence-corrected chi connectivity index (χ2v) is 9.40. The number of rotatable bonds is 7. The molecular weight excluding hydrogens is 366 g/mol. The molecule has 0 radical (unpaired) electrons. The van der Waals surface area contributed by atoms with Gasteiger partial charge in [0.15, 0.2) is 0 Å². The molecule has 0 aromatic heterocycles. The Kier molecular flexibility index (Phi) is 7.33. The van der Waals surface area contributed by atoms with Gasteiger partial charge in [0.25, 0.3) is 0 Å². The number of hydrogen-bond acceptors (Lipinski definition) is 4. The summed E-state index contributed by atoms with van der Waals surface area (Å²) >= 11 is 0. The van der Waals surface area contributed by atoms with Crippen molar-refractivity contribution < 1.29 is 19.1 Å². The van der Waals surface area contributed by atoms with Crippen LogP contribution < -0.4 is 0 Å². The molecule has 2 heterocycles. The Labute approximate surface area is 174 Å². The summed E-state index contributed by atoms with van der Waals surface area (Å²) in [5.41, 5.74) is 0.666. The van der Waals surface area contributed by atoms with Crippen molar-refractivity contribution in [3.05, 3.63) is 35.9 Å². The van der Waals surface area contributed by atoms with E-state index in [1.54, 1.807) is 0 Å². The minimum absolute atomic E-state index is 0.0677. The number of hydrogen-bond donors (Lipinski definition) is 0. The van der Waals surface area contributed by atoms with E-state index in [0.29, 0.717) is 25.4 Å². The van der Waals surface area contributed by atoms with Gasteiger partial charge in [-0.1, -0.05) is 30.3 Å². The number of ether oxygens (including phenoxy) is 2. The van der Waals surface area contributed by atoms with Crippen molar-refractivity contribution in [2.24, 2.45) is 5.92 Å². The molecule has 2 unspecified atom stereocenters. The molecule has 2 fully saturated rings. The molecule has 2 aliphatic rings. The molecule has 0 spiro atoms. The van der Waals surface area contributed by atoms with Crippen LogP contribution in [0.3, 0.4) is 0 Å². The van der Waals surface area contributed by atoms with Gasteiger partial charge in [-0.3, -0.25) is 4.79 Å². The number of carbonyl (C=O) groups is 2. The molecule has 29 heavy (non-hydrogen) atoms. The molecule has 3 rings (SSSR count). The van der Waals surface area contributed by atoms with Gasteiger partial charge in [0.05, 0.1) is 6.61 Å². The molecule has 2 aliphatic heterocycles. The van der Waals surface area contributed by atoms with Gasteiger partial charge in [0.2, 0.25) is 0 Å². The molecule has 2 atom stereocenters. The fourth-order valence-electron chi connectivity index (χ4n) is 4.57. The number of fused-ring (bicyclic) bond motifs is 2. The normalized spacial score (nSPS) is 24.2. The number of ketones is 1. The van der Waals surface area contributed by atoms with Crippen molar-refractivity contribution >= 4 is 11.9 Å². The molecule has 2 saturated heterocycles. The van der Waals surface area contributed by atoms with Crippen LogP contribution in [0.15, 0.2) is 30.3 Å². The van der Waals surface area contributed by atoms with Gasteiger partial charge < -0.3 is 14.4 Å². The second-order valence-electron chi connectivity index (χ2n) is 9.40. The van der Waals surface area contributed by atoms with Crippen LogP contribution in [0.4, 0.5) is 4.79 Å². The van der Waals surface area contributed by atoms with E-state index in [4.69, 9.17) is 9.47 Å². The highest BCUT2D eigenvalue weighted by atomic mass is 16.6. The first-order valence-electron chi connectivity index (χ1n) is 11.0.